The first-order valence-corrected chi connectivity index (χ1v) is 5.47. The average molecular weight is 200 g/mol. The van der Waals surface area contributed by atoms with E-state index < -0.39 is 0 Å². The Morgan fingerprint density at radius 1 is 1.33 bits per heavy atom. The Morgan fingerprint density at radius 2 is 2.00 bits per heavy atom. The number of nitrogens with one attached hydrogen (secondary N) is 1. The molecule has 0 aliphatic carbocycles. The summed E-state index contributed by atoms with van der Waals surface area (Å²) in [4.78, 5) is 8.10. The molecule has 2 rings (SSSR count). The van der Waals surface area contributed by atoms with Crippen LogP contribution in [0.4, 0.5) is 0 Å². The first-order valence-electron chi connectivity index (χ1n) is 5.47. The van der Waals surface area contributed by atoms with Gasteiger partial charge in [0.2, 0.25) is 0 Å². The molecular formula is C12H17BN2. The van der Waals surface area contributed by atoms with Gasteiger partial charge in [0.15, 0.2) is 7.85 Å². The molecule has 0 fully saturated rings. The van der Waals surface area contributed by atoms with Gasteiger partial charge in [0.1, 0.15) is 0 Å². The van der Waals surface area contributed by atoms with E-state index in [0.717, 1.165) is 11.1 Å². The van der Waals surface area contributed by atoms with Crippen LogP contribution in [-0.4, -0.2) is 17.8 Å². The lowest BCUT2D eigenvalue weighted by atomic mass is 9.96. The van der Waals surface area contributed by atoms with E-state index in [9.17, 15) is 0 Å². The monoisotopic (exact) mass is 200 g/mol. The van der Waals surface area contributed by atoms with Crippen LogP contribution in [0.1, 0.15) is 36.6 Å². The minimum absolute atomic E-state index is 0.522. The van der Waals surface area contributed by atoms with Gasteiger partial charge >= 0.3 is 0 Å². The molecule has 0 bridgehead atoms. The first-order chi connectivity index (χ1) is 7.00. The number of hydrogen-bond donors (Lipinski definition) is 1. The van der Waals surface area contributed by atoms with Crippen molar-refractivity contribution < 1.29 is 0 Å². The molecule has 0 amide bonds. The Bertz CT molecular complexity index is 512. The predicted octanol–water partition coefficient (Wildman–Crippen LogP) is 1.56. The summed E-state index contributed by atoms with van der Waals surface area (Å²) in [5.74, 6) is 0.522. The predicted molar refractivity (Wildman–Crippen MR) is 67.8 cm³/mol. The molecule has 2 aromatic heterocycles. The van der Waals surface area contributed by atoms with E-state index in [4.69, 9.17) is 0 Å². The van der Waals surface area contributed by atoms with Crippen molar-refractivity contribution in [2.45, 2.75) is 33.6 Å². The Morgan fingerprint density at radius 3 is 2.60 bits per heavy atom. The summed E-state index contributed by atoms with van der Waals surface area (Å²) in [6.07, 6.45) is 0. The SMILES string of the molecule is Bc1nc2c(C(C)C)c(C)[nH]c2cc1C. The molecule has 0 aliphatic rings. The maximum absolute atomic E-state index is 4.69. The van der Waals surface area contributed by atoms with Crippen LogP contribution in [0.5, 0.6) is 0 Å². The van der Waals surface area contributed by atoms with E-state index in [1.807, 2.05) is 0 Å². The molecular weight excluding hydrogens is 183 g/mol. The highest BCUT2D eigenvalue weighted by molar-refractivity contribution is 6.32. The fraction of sp³-hybridized carbons (Fsp3) is 0.417. The number of nitrogens with zero attached hydrogens (tertiary/aromatic N) is 1. The van der Waals surface area contributed by atoms with Crippen molar-refractivity contribution >= 4 is 24.5 Å². The maximum Gasteiger partial charge on any atom is 0.164 e. The van der Waals surface area contributed by atoms with Crippen molar-refractivity contribution in [3.63, 3.8) is 0 Å². The van der Waals surface area contributed by atoms with Crippen LogP contribution in [0.3, 0.4) is 0 Å². The minimum Gasteiger partial charge on any atom is -0.357 e. The molecule has 15 heavy (non-hydrogen) atoms. The molecule has 0 saturated heterocycles. The van der Waals surface area contributed by atoms with E-state index in [0.29, 0.717) is 5.92 Å². The third-order valence-electron chi connectivity index (χ3n) is 3.02. The van der Waals surface area contributed by atoms with Crippen LogP contribution >= 0.6 is 0 Å². The zero-order valence-electron chi connectivity index (χ0n) is 10.1. The second-order valence-electron chi connectivity index (χ2n) is 4.61. The maximum atomic E-state index is 4.69. The fourth-order valence-corrected chi connectivity index (χ4v) is 2.16. The summed E-state index contributed by atoms with van der Waals surface area (Å²) in [7, 11) is 2.07. The summed E-state index contributed by atoms with van der Waals surface area (Å²) in [5, 5.41) is 0. The first kappa shape index (κ1) is 10.3. The van der Waals surface area contributed by atoms with Gasteiger partial charge in [0.05, 0.1) is 11.0 Å². The average Bonchev–Trinajstić information content (AvgIpc) is 2.41. The lowest BCUT2D eigenvalue weighted by Gasteiger charge is -2.05. The van der Waals surface area contributed by atoms with Gasteiger partial charge in [-0.2, -0.15) is 0 Å². The minimum atomic E-state index is 0.522. The molecule has 0 atom stereocenters. The lowest BCUT2D eigenvalue weighted by Crippen LogP contribution is -2.12. The van der Waals surface area contributed by atoms with Gasteiger partial charge in [-0.3, -0.25) is 4.98 Å². The van der Waals surface area contributed by atoms with Crippen molar-refractivity contribution in [2.24, 2.45) is 0 Å². The van der Waals surface area contributed by atoms with Crippen LogP contribution < -0.4 is 5.59 Å². The Labute approximate surface area is 91.5 Å². The van der Waals surface area contributed by atoms with Gasteiger partial charge in [-0.15, -0.1) is 0 Å². The second-order valence-corrected chi connectivity index (χ2v) is 4.61. The highest BCUT2D eigenvalue weighted by Crippen LogP contribution is 2.26. The molecule has 0 radical (unpaired) electrons. The Balaban J connectivity index is 2.81. The molecule has 1 N–H and O–H groups in total. The quantitative estimate of drug-likeness (QED) is 0.695. The van der Waals surface area contributed by atoms with E-state index in [1.54, 1.807) is 0 Å². The zero-order valence-corrected chi connectivity index (χ0v) is 10.1. The smallest absolute Gasteiger partial charge is 0.164 e. The van der Waals surface area contributed by atoms with E-state index in [2.05, 4.69) is 51.6 Å². The number of aryl methyl sites for hydroxylation is 2. The largest absolute Gasteiger partial charge is 0.357 e. The number of H-pyrrole nitrogens is 1. The second kappa shape index (κ2) is 3.40. The topological polar surface area (TPSA) is 28.7 Å². The van der Waals surface area contributed by atoms with Gasteiger partial charge < -0.3 is 4.98 Å². The molecule has 0 aromatic carbocycles. The van der Waals surface area contributed by atoms with Gasteiger partial charge in [0, 0.05) is 11.3 Å². The van der Waals surface area contributed by atoms with Crippen molar-refractivity contribution in [3.8, 4) is 0 Å². The van der Waals surface area contributed by atoms with Gasteiger partial charge in [-0.1, -0.05) is 13.8 Å². The molecule has 0 saturated carbocycles. The molecule has 0 unspecified atom stereocenters. The molecule has 0 aliphatic heterocycles. The van der Waals surface area contributed by atoms with Crippen molar-refractivity contribution in [2.75, 3.05) is 0 Å². The summed E-state index contributed by atoms with van der Waals surface area (Å²) in [5.41, 5.74) is 7.29. The van der Waals surface area contributed by atoms with Crippen molar-refractivity contribution in [3.05, 3.63) is 22.9 Å². The third kappa shape index (κ3) is 1.56. The van der Waals surface area contributed by atoms with E-state index in [1.165, 1.54) is 22.3 Å². The van der Waals surface area contributed by atoms with Crippen LogP contribution in [0.2, 0.25) is 0 Å². The number of pyridine rings is 1. The molecule has 2 nitrogen and oxygen atoms in total. The number of aromatic amines is 1. The number of aromatic nitrogens is 2. The van der Waals surface area contributed by atoms with Crippen molar-refractivity contribution in [1.29, 1.82) is 0 Å². The van der Waals surface area contributed by atoms with Crippen LogP contribution in [0.25, 0.3) is 11.0 Å². The number of hydrogen-bond acceptors (Lipinski definition) is 1. The highest BCUT2D eigenvalue weighted by Gasteiger charge is 2.13. The zero-order chi connectivity index (χ0) is 11.2. The fourth-order valence-electron chi connectivity index (χ4n) is 2.16. The van der Waals surface area contributed by atoms with E-state index in [-0.39, 0.29) is 0 Å². The number of fused-ring (bicyclic) bond motifs is 1. The lowest BCUT2D eigenvalue weighted by molar-refractivity contribution is 0.861. The Kier molecular flexibility index (Phi) is 2.33. The van der Waals surface area contributed by atoms with Crippen molar-refractivity contribution in [1.82, 2.24) is 9.97 Å². The standard InChI is InChI=1S/C12H17BN2/c1-6(2)10-8(4)14-9-5-7(3)12(13)15-11(9)10/h5-6,14H,13H2,1-4H3. The normalized spacial score (nSPS) is 11.5. The van der Waals surface area contributed by atoms with Gasteiger partial charge in [-0.25, -0.2) is 0 Å². The molecule has 3 heteroatoms. The van der Waals surface area contributed by atoms with Crippen LogP contribution in [0, 0.1) is 13.8 Å². The third-order valence-corrected chi connectivity index (χ3v) is 3.02. The molecule has 2 heterocycles. The Hall–Kier alpha value is -1.25. The van der Waals surface area contributed by atoms with Gasteiger partial charge in [0.25, 0.3) is 0 Å². The van der Waals surface area contributed by atoms with Gasteiger partial charge in [-0.05, 0) is 37.0 Å². The molecule has 78 valence electrons. The summed E-state index contributed by atoms with van der Waals surface area (Å²) in [6, 6.07) is 2.19. The van der Waals surface area contributed by atoms with Crippen LogP contribution in [0.15, 0.2) is 6.07 Å². The number of rotatable bonds is 1. The van der Waals surface area contributed by atoms with Crippen LogP contribution in [-0.2, 0) is 0 Å². The summed E-state index contributed by atoms with van der Waals surface area (Å²) >= 11 is 0. The molecule has 0 spiro atoms. The summed E-state index contributed by atoms with van der Waals surface area (Å²) in [6.45, 7) is 8.66. The summed E-state index contributed by atoms with van der Waals surface area (Å²) < 4.78 is 0. The highest BCUT2D eigenvalue weighted by atomic mass is 14.8. The van der Waals surface area contributed by atoms with E-state index >= 15 is 0 Å². The molecule has 2 aromatic rings.